The average molecular weight is 395 g/mol. The van der Waals surface area contributed by atoms with E-state index in [-0.39, 0.29) is 17.2 Å². The van der Waals surface area contributed by atoms with Gasteiger partial charge in [-0.05, 0) is 36.0 Å². The van der Waals surface area contributed by atoms with Crippen LogP contribution in [-0.4, -0.2) is 19.7 Å². The summed E-state index contributed by atoms with van der Waals surface area (Å²) < 4.78 is 20.5. The SMILES string of the molecule is Cn1c(COc2ccccc2Cl)nnc1Sc1ccc(F)cc1[N+](=O)[O-]. The lowest BCUT2D eigenvalue weighted by Gasteiger charge is -2.08. The van der Waals surface area contributed by atoms with Crippen LogP contribution in [-0.2, 0) is 13.7 Å². The number of para-hydroxylation sites is 1. The maximum absolute atomic E-state index is 13.2. The zero-order valence-corrected chi connectivity index (χ0v) is 15.0. The van der Waals surface area contributed by atoms with Gasteiger partial charge in [-0.3, -0.25) is 10.1 Å². The standard InChI is InChI=1S/C16H12ClFN4O3S/c1-21-15(9-25-13-5-3-2-4-11(13)17)19-20-16(21)26-14-7-6-10(18)8-12(14)22(23)24/h2-8H,9H2,1H3. The molecule has 134 valence electrons. The first-order valence-electron chi connectivity index (χ1n) is 7.33. The van der Waals surface area contributed by atoms with Crippen LogP contribution in [0.15, 0.2) is 52.5 Å². The zero-order valence-electron chi connectivity index (χ0n) is 13.4. The van der Waals surface area contributed by atoms with Gasteiger partial charge < -0.3 is 9.30 Å². The molecule has 1 heterocycles. The Kier molecular flexibility index (Phi) is 5.38. The number of aromatic nitrogens is 3. The molecule has 3 rings (SSSR count). The Bertz CT molecular complexity index is 966. The zero-order chi connectivity index (χ0) is 18.7. The largest absolute Gasteiger partial charge is 0.484 e. The van der Waals surface area contributed by atoms with Gasteiger partial charge in [0.15, 0.2) is 11.0 Å². The molecule has 0 saturated heterocycles. The van der Waals surface area contributed by atoms with E-state index in [2.05, 4.69) is 10.2 Å². The quantitative estimate of drug-likeness (QED) is 0.459. The van der Waals surface area contributed by atoms with Crippen LogP contribution in [0.3, 0.4) is 0 Å². The van der Waals surface area contributed by atoms with Gasteiger partial charge in [-0.15, -0.1) is 10.2 Å². The summed E-state index contributed by atoms with van der Waals surface area (Å²) in [6.45, 7) is 0.124. The van der Waals surface area contributed by atoms with Gasteiger partial charge in [0.2, 0.25) is 0 Å². The van der Waals surface area contributed by atoms with Gasteiger partial charge in [-0.25, -0.2) is 4.39 Å². The number of hydrogen-bond donors (Lipinski definition) is 0. The van der Waals surface area contributed by atoms with E-state index in [1.165, 1.54) is 6.07 Å². The minimum atomic E-state index is -0.673. The Balaban J connectivity index is 1.78. The highest BCUT2D eigenvalue weighted by molar-refractivity contribution is 7.99. The van der Waals surface area contributed by atoms with Crippen LogP contribution in [0.25, 0.3) is 0 Å². The maximum atomic E-state index is 13.2. The summed E-state index contributed by atoms with van der Waals surface area (Å²) in [4.78, 5) is 10.7. The Labute approximate surface area is 156 Å². The number of hydrogen-bond acceptors (Lipinski definition) is 6. The first kappa shape index (κ1) is 18.2. The fraction of sp³-hybridized carbons (Fsp3) is 0.125. The number of nitro groups is 1. The lowest BCUT2D eigenvalue weighted by atomic mass is 10.3. The van der Waals surface area contributed by atoms with Crippen molar-refractivity contribution in [1.29, 1.82) is 0 Å². The van der Waals surface area contributed by atoms with Crippen molar-refractivity contribution in [3.63, 3.8) is 0 Å². The maximum Gasteiger partial charge on any atom is 0.286 e. The van der Waals surface area contributed by atoms with Crippen molar-refractivity contribution in [3.05, 3.63) is 69.2 Å². The average Bonchev–Trinajstić information content (AvgIpc) is 2.95. The van der Waals surface area contributed by atoms with Crippen molar-refractivity contribution in [2.24, 2.45) is 7.05 Å². The Hall–Kier alpha value is -2.65. The van der Waals surface area contributed by atoms with Gasteiger partial charge in [0, 0.05) is 7.05 Å². The highest BCUT2D eigenvalue weighted by atomic mass is 35.5. The molecule has 0 aliphatic rings. The molecular weight excluding hydrogens is 383 g/mol. The summed E-state index contributed by atoms with van der Waals surface area (Å²) >= 11 is 7.06. The van der Waals surface area contributed by atoms with Crippen LogP contribution in [0, 0.1) is 15.9 Å². The van der Waals surface area contributed by atoms with E-state index in [1.807, 2.05) is 0 Å². The monoisotopic (exact) mass is 394 g/mol. The first-order chi connectivity index (χ1) is 12.5. The van der Waals surface area contributed by atoms with Gasteiger partial charge in [0.05, 0.1) is 20.9 Å². The van der Waals surface area contributed by atoms with Crippen LogP contribution in [0.4, 0.5) is 10.1 Å². The number of benzene rings is 2. The molecule has 0 aliphatic carbocycles. The van der Waals surface area contributed by atoms with Crippen molar-refractivity contribution in [3.8, 4) is 5.75 Å². The number of nitro benzene ring substituents is 1. The summed E-state index contributed by atoms with van der Waals surface area (Å²) in [7, 11) is 1.71. The number of halogens is 2. The molecule has 3 aromatic rings. The highest BCUT2D eigenvalue weighted by Gasteiger charge is 2.19. The van der Waals surface area contributed by atoms with E-state index >= 15 is 0 Å². The summed E-state index contributed by atoms with van der Waals surface area (Å²) in [5.74, 6) is 0.352. The van der Waals surface area contributed by atoms with E-state index in [4.69, 9.17) is 16.3 Å². The molecule has 0 spiro atoms. The molecule has 0 amide bonds. The third-order valence-electron chi connectivity index (χ3n) is 3.44. The smallest absolute Gasteiger partial charge is 0.286 e. The Morgan fingerprint density at radius 2 is 2.08 bits per heavy atom. The van der Waals surface area contributed by atoms with Crippen molar-refractivity contribution in [1.82, 2.24) is 14.8 Å². The fourth-order valence-electron chi connectivity index (χ4n) is 2.08. The van der Waals surface area contributed by atoms with Gasteiger partial charge in [0.1, 0.15) is 18.2 Å². The van der Waals surface area contributed by atoms with Crippen LogP contribution >= 0.6 is 23.4 Å². The molecule has 10 heteroatoms. The van der Waals surface area contributed by atoms with E-state index < -0.39 is 10.7 Å². The van der Waals surface area contributed by atoms with Gasteiger partial charge in [0.25, 0.3) is 5.69 Å². The topological polar surface area (TPSA) is 83.1 Å². The van der Waals surface area contributed by atoms with Crippen molar-refractivity contribution in [2.45, 2.75) is 16.7 Å². The van der Waals surface area contributed by atoms with Crippen molar-refractivity contribution in [2.75, 3.05) is 0 Å². The molecule has 2 aromatic carbocycles. The lowest BCUT2D eigenvalue weighted by molar-refractivity contribution is -0.387. The van der Waals surface area contributed by atoms with Gasteiger partial charge >= 0.3 is 0 Å². The first-order valence-corrected chi connectivity index (χ1v) is 8.52. The molecule has 26 heavy (non-hydrogen) atoms. The molecule has 0 N–H and O–H groups in total. The summed E-state index contributed by atoms with van der Waals surface area (Å²) in [5.41, 5.74) is -0.327. The summed E-state index contributed by atoms with van der Waals surface area (Å²) in [6, 6.07) is 10.4. The molecule has 0 aliphatic heterocycles. The molecule has 1 aromatic heterocycles. The van der Waals surface area contributed by atoms with Crippen LogP contribution < -0.4 is 4.74 Å². The van der Waals surface area contributed by atoms with E-state index in [0.29, 0.717) is 21.8 Å². The van der Waals surface area contributed by atoms with Crippen molar-refractivity contribution < 1.29 is 14.1 Å². The highest BCUT2D eigenvalue weighted by Crippen LogP contribution is 2.34. The summed E-state index contributed by atoms with van der Waals surface area (Å²) in [6.07, 6.45) is 0. The predicted molar refractivity (Wildman–Crippen MR) is 94.0 cm³/mol. The van der Waals surface area contributed by atoms with Crippen LogP contribution in [0.2, 0.25) is 5.02 Å². The normalized spacial score (nSPS) is 10.7. The minimum Gasteiger partial charge on any atom is -0.484 e. The fourth-order valence-corrected chi connectivity index (χ4v) is 3.17. The van der Waals surface area contributed by atoms with E-state index in [1.54, 1.807) is 35.9 Å². The Morgan fingerprint density at radius 1 is 1.31 bits per heavy atom. The third kappa shape index (κ3) is 3.94. The Morgan fingerprint density at radius 3 is 2.81 bits per heavy atom. The van der Waals surface area contributed by atoms with E-state index in [9.17, 15) is 14.5 Å². The molecule has 0 fully saturated rings. The summed E-state index contributed by atoms with van der Waals surface area (Å²) in [5, 5.41) is 20.0. The molecule has 0 radical (unpaired) electrons. The number of ether oxygens (including phenoxy) is 1. The molecule has 0 unspecified atom stereocenters. The van der Waals surface area contributed by atoms with Gasteiger partial charge in [-0.1, -0.05) is 23.7 Å². The van der Waals surface area contributed by atoms with E-state index in [0.717, 1.165) is 23.9 Å². The van der Waals surface area contributed by atoms with Crippen molar-refractivity contribution >= 4 is 29.1 Å². The predicted octanol–water partition coefficient (Wildman–Crippen LogP) is 4.25. The molecule has 7 nitrogen and oxygen atoms in total. The molecule has 0 atom stereocenters. The molecular formula is C16H12ClFN4O3S. The number of rotatable bonds is 6. The van der Waals surface area contributed by atoms with Crippen LogP contribution in [0.5, 0.6) is 5.75 Å². The third-order valence-corrected chi connectivity index (χ3v) is 4.85. The van der Waals surface area contributed by atoms with Crippen LogP contribution in [0.1, 0.15) is 5.82 Å². The number of nitrogens with zero attached hydrogens (tertiary/aromatic N) is 4. The second kappa shape index (κ2) is 7.71. The second-order valence-electron chi connectivity index (χ2n) is 5.15. The molecule has 0 bridgehead atoms. The minimum absolute atomic E-state index is 0.124. The lowest BCUT2D eigenvalue weighted by Crippen LogP contribution is -2.04. The van der Waals surface area contributed by atoms with Gasteiger partial charge in [-0.2, -0.15) is 0 Å². The second-order valence-corrected chi connectivity index (χ2v) is 6.56. The molecule has 0 saturated carbocycles.